The van der Waals surface area contributed by atoms with Gasteiger partial charge in [0.15, 0.2) is 12.1 Å². The molecule has 1 aromatic carbocycles. The van der Waals surface area contributed by atoms with Gasteiger partial charge < -0.3 is 44.9 Å². The molecule has 2 unspecified atom stereocenters. The standard InChI is InChI=1S/C41H63N5O9/c1-8-35-31(24-47)20-25(2)14-15-33(48)26(3)21-30(16-17-42-18-19-46-23-32(43-44-46)29-12-10-9-11-13-29)40(27(4)34(49)22-36(50)54-35)55-41-39(52)37(45(6)7)38(51)28(5)53-41/h9-15,20,23,26-28,30-31,34-35,37-42,47,49,51-52H,8,16-19,21-22,24H2,1-7H3/b15-14+,25-20+/t26-,27+,28-,30+,31-,34-,35-,37?,38-,39?,40-,41+/m1/s1. The zero-order valence-corrected chi connectivity index (χ0v) is 33.4. The predicted molar refractivity (Wildman–Crippen MR) is 207 cm³/mol. The van der Waals surface area contributed by atoms with E-state index in [4.69, 9.17) is 14.2 Å². The largest absolute Gasteiger partial charge is 0.462 e. The number of aliphatic hydroxyl groups is 4. The van der Waals surface area contributed by atoms with Crippen molar-refractivity contribution in [1.29, 1.82) is 0 Å². The van der Waals surface area contributed by atoms with E-state index >= 15 is 0 Å². The van der Waals surface area contributed by atoms with Crippen molar-refractivity contribution in [2.45, 2.75) is 116 Å². The lowest BCUT2D eigenvalue weighted by Gasteiger charge is -2.46. The molecule has 3 heterocycles. The number of aromatic nitrogens is 3. The molecule has 12 atom stereocenters. The van der Waals surface area contributed by atoms with Crippen molar-refractivity contribution in [1.82, 2.24) is 25.2 Å². The number of cyclic esters (lactones) is 1. The first-order valence-corrected chi connectivity index (χ1v) is 19.6. The molecule has 0 saturated carbocycles. The van der Waals surface area contributed by atoms with Crippen molar-refractivity contribution in [3.8, 4) is 11.3 Å². The molecule has 1 fully saturated rings. The number of hydrogen-bond donors (Lipinski definition) is 5. The van der Waals surface area contributed by atoms with Crippen LogP contribution in [0.25, 0.3) is 11.3 Å². The summed E-state index contributed by atoms with van der Waals surface area (Å²) in [5, 5.41) is 56.2. The van der Waals surface area contributed by atoms with Crippen LogP contribution in [-0.2, 0) is 30.3 Å². The summed E-state index contributed by atoms with van der Waals surface area (Å²) in [4.78, 5) is 28.6. The fourth-order valence-corrected chi connectivity index (χ4v) is 7.61. The number of ether oxygens (including phenoxy) is 3. The maximum Gasteiger partial charge on any atom is 0.308 e. The highest BCUT2D eigenvalue weighted by molar-refractivity contribution is 5.91. The molecular weight excluding hydrogens is 706 g/mol. The molecule has 14 heteroatoms. The van der Waals surface area contributed by atoms with Crippen molar-refractivity contribution in [2.75, 3.05) is 33.8 Å². The van der Waals surface area contributed by atoms with Crippen LogP contribution < -0.4 is 5.32 Å². The number of carbonyl (C=O) groups is 2. The first-order valence-electron chi connectivity index (χ1n) is 19.6. The van der Waals surface area contributed by atoms with Crippen LogP contribution in [0.2, 0.25) is 0 Å². The summed E-state index contributed by atoms with van der Waals surface area (Å²) in [5.41, 5.74) is 2.51. The van der Waals surface area contributed by atoms with Gasteiger partial charge in [0.2, 0.25) is 0 Å². The Hall–Kier alpha value is -3.34. The summed E-state index contributed by atoms with van der Waals surface area (Å²) >= 11 is 0. The van der Waals surface area contributed by atoms with E-state index in [0.717, 1.165) is 16.8 Å². The predicted octanol–water partition coefficient (Wildman–Crippen LogP) is 2.75. The second kappa shape index (κ2) is 21.3. The summed E-state index contributed by atoms with van der Waals surface area (Å²) in [6, 6.07) is 9.13. The zero-order valence-electron chi connectivity index (χ0n) is 33.4. The summed E-state index contributed by atoms with van der Waals surface area (Å²) in [6.07, 6.45) is 1.24. The SMILES string of the molecule is CC[C@H]1OC(=O)C[C@@H](O)[C@H](C)[C@@H](O[C@@H]2O[C@H](C)[C@@H](O)C(N(C)C)C2O)[C@@H](CCNCCn2cc(-c3ccccc3)nn2)C[C@@H](C)C(=O)/C=C/C(C)=C/[C@@H]1CO. The normalized spacial score (nSPS) is 34.6. The van der Waals surface area contributed by atoms with Crippen molar-refractivity contribution < 1.29 is 44.2 Å². The minimum atomic E-state index is -1.24. The van der Waals surface area contributed by atoms with Crippen LogP contribution in [0.4, 0.5) is 0 Å². The van der Waals surface area contributed by atoms with E-state index in [-0.39, 0.29) is 24.7 Å². The van der Waals surface area contributed by atoms with Crippen LogP contribution in [0.15, 0.2) is 60.3 Å². The van der Waals surface area contributed by atoms with Crippen molar-refractivity contribution in [3.63, 3.8) is 0 Å². The van der Waals surface area contributed by atoms with Crippen molar-refractivity contribution >= 4 is 11.8 Å². The van der Waals surface area contributed by atoms with E-state index in [0.29, 0.717) is 38.9 Å². The number of aliphatic hydroxyl groups excluding tert-OH is 4. The average molecular weight is 770 g/mol. The van der Waals surface area contributed by atoms with E-state index in [1.54, 1.807) is 49.7 Å². The van der Waals surface area contributed by atoms with Crippen LogP contribution in [0.5, 0.6) is 0 Å². The van der Waals surface area contributed by atoms with Gasteiger partial charge in [-0.15, -0.1) is 5.10 Å². The second-order valence-corrected chi connectivity index (χ2v) is 15.5. The third-order valence-corrected chi connectivity index (χ3v) is 11.0. The van der Waals surface area contributed by atoms with Crippen LogP contribution in [-0.4, -0.2) is 135 Å². The molecule has 1 saturated heterocycles. The number of benzene rings is 1. The third kappa shape index (κ3) is 12.3. The van der Waals surface area contributed by atoms with Gasteiger partial charge in [-0.2, -0.15) is 0 Å². The fraction of sp³-hybridized carbons (Fsp3) is 0.659. The lowest BCUT2D eigenvalue weighted by atomic mass is 9.79. The highest BCUT2D eigenvalue weighted by Gasteiger charge is 2.47. The van der Waals surface area contributed by atoms with Gasteiger partial charge in [0.25, 0.3) is 0 Å². The summed E-state index contributed by atoms with van der Waals surface area (Å²) < 4.78 is 20.3. The van der Waals surface area contributed by atoms with Gasteiger partial charge in [-0.1, -0.05) is 74.0 Å². The Morgan fingerprint density at radius 1 is 1.04 bits per heavy atom. The number of allylic oxidation sites excluding steroid dienone is 3. The van der Waals surface area contributed by atoms with Gasteiger partial charge in [0.05, 0.1) is 56.2 Å². The van der Waals surface area contributed by atoms with Gasteiger partial charge in [-0.3, -0.25) is 14.3 Å². The number of esters is 1. The topological polar surface area (TPSA) is 189 Å². The Balaban J connectivity index is 1.61. The molecule has 1 aromatic heterocycles. The molecule has 2 aliphatic rings. The molecule has 4 rings (SSSR count). The monoisotopic (exact) mass is 769 g/mol. The molecule has 0 aliphatic carbocycles. The summed E-state index contributed by atoms with van der Waals surface area (Å²) in [6.45, 7) is 10.5. The molecule has 2 aliphatic heterocycles. The zero-order chi connectivity index (χ0) is 40.2. The molecule has 0 spiro atoms. The Morgan fingerprint density at radius 2 is 1.76 bits per heavy atom. The Labute approximate surface area is 325 Å². The van der Waals surface area contributed by atoms with Gasteiger partial charge in [-0.05, 0) is 65.7 Å². The Bertz CT molecular complexity index is 1550. The Kier molecular flexibility index (Phi) is 17.2. The van der Waals surface area contributed by atoms with Gasteiger partial charge in [-0.25, -0.2) is 0 Å². The molecule has 5 N–H and O–H groups in total. The van der Waals surface area contributed by atoms with Crippen LogP contribution in [0, 0.1) is 23.7 Å². The minimum Gasteiger partial charge on any atom is -0.462 e. The van der Waals surface area contributed by atoms with Gasteiger partial charge in [0, 0.05) is 29.9 Å². The molecular formula is C41H63N5O9. The Morgan fingerprint density at radius 3 is 2.44 bits per heavy atom. The molecule has 2 aromatic rings. The number of likely N-dealkylation sites (N-methyl/N-ethyl adjacent to an activating group) is 1. The average Bonchev–Trinajstić information content (AvgIpc) is 3.64. The second-order valence-electron chi connectivity index (χ2n) is 15.5. The number of rotatable bonds is 12. The van der Waals surface area contributed by atoms with Crippen molar-refractivity contribution in [2.24, 2.45) is 23.7 Å². The van der Waals surface area contributed by atoms with E-state index < -0.39 is 72.7 Å². The fourth-order valence-electron chi connectivity index (χ4n) is 7.61. The summed E-state index contributed by atoms with van der Waals surface area (Å²) in [7, 11) is 3.52. The number of nitrogens with zero attached hydrogens (tertiary/aromatic N) is 4. The number of nitrogens with one attached hydrogen (secondary N) is 1. The van der Waals surface area contributed by atoms with Crippen molar-refractivity contribution in [3.05, 3.63) is 60.3 Å². The quantitative estimate of drug-likeness (QED) is 0.157. The number of ketones is 1. The molecule has 14 nitrogen and oxygen atoms in total. The first kappa shape index (κ1) is 44.4. The van der Waals surface area contributed by atoms with Crippen LogP contribution in [0.1, 0.15) is 60.3 Å². The maximum atomic E-state index is 13.6. The van der Waals surface area contributed by atoms with Gasteiger partial charge >= 0.3 is 5.97 Å². The highest BCUT2D eigenvalue weighted by Crippen LogP contribution is 2.34. The molecule has 55 heavy (non-hydrogen) atoms. The molecule has 0 radical (unpaired) electrons. The van der Waals surface area contributed by atoms with E-state index in [1.807, 2.05) is 57.3 Å². The van der Waals surface area contributed by atoms with E-state index in [1.165, 1.54) is 6.08 Å². The minimum absolute atomic E-state index is 0.0949. The lowest BCUT2D eigenvalue weighted by Crippen LogP contribution is -2.63. The first-order chi connectivity index (χ1) is 26.2. The van der Waals surface area contributed by atoms with Crippen LogP contribution in [0.3, 0.4) is 0 Å². The highest BCUT2D eigenvalue weighted by atomic mass is 16.7. The molecule has 0 amide bonds. The maximum absolute atomic E-state index is 13.6. The van der Waals surface area contributed by atoms with E-state index in [2.05, 4.69) is 15.6 Å². The lowest BCUT2D eigenvalue weighted by molar-refractivity contribution is -0.304. The molecule has 0 bridgehead atoms. The summed E-state index contributed by atoms with van der Waals surface area (Å²) in [5.74, 6) is -2.67. The molecule has 306 valence electrons. The van der Waals surface area contributed by atoms with Crippen LogP contribution >= 0.6 is 0 Å². The van der Waals surface area contributed by atoms with E-state index in [9.17, 15) is 30.0 Å². The third-order valence-electron chi connectivity index (χ3n) is 11.0. The number of carbonyl (C=O) groups excluding carboxylic acids is 2. The number of hydrogen-bond acceptors (Lipinski definition) is 13. The smallest absolute Gasteiger partial charge is 0.308 e. The van der Waals surface area contributed by atoms with Gasteiger partial charge in [0.1, 0.15) is 17.9 Å².